The molecule has 0 spiro atoms. The van der Waals surface area contributed by atoms with Gasteiger partial charge in [0.25, 0.3) is 0 Å². The first kappa shape index (κ1) is 15.0. The third kappa shape index (κ3) is 3.30. The number of thioether (sulfide) groups is 1. The Morgan fingerprint density at radius 3 is 2.57 bits per heavy atom. The van der Waals surface area contributed by atoms with E-state index in [4.69, 9.17) is 5.73 Å². The molecule has 3 aliphatic rings. The lowest BCUT2D eigenvalue weighted by atomic mass is 10.1. The van der Waals surface area contributed by atoms with Gasteiger partial charge in [0.1, 0.15) is 0 Å². The van der Waals surface area contributed by atoms with Gasteiger partial charge in [-0.15, -0.1) is 11.8 Å². The highest BCUT2D eigenvalue weighted by molar-refractivity contribution is 7.99. The number of carbonyl (C=O) groups excluding carboxylic acids is 1. The minimum Gasteiger partial charge on any atom is -0.386 e. The first-order chi connectivity index (χ1) is 10.1. The van der Waals surface area contributed by atoms with E-state index >= 15 is 0 Å². The van der Waals surface area contributed by atoms with Crippen molar-refractivity contribution in [2.75, 3.05) is 50.9 Å². The van der Waals surface area contributed by atoms with Crippen LogP contribution in [0.4, 0.5) is 0 Å². The third-order valence-electron chi connectivity index (χ3n) is 4.71. The number of rotatable bonds is 3. The highest BCUT2D eigenvalue weighted by Crippen LogP contribution is 2.21. The molecule has 0 saturated carbocycles. The summed E-state index contributed by atoms with van der Waals surface area (Å²) in [7, 11) is 0. The van der Waals surface area contributed by atoms with Crippen molar-refractivity contribution in [3.8, 4) is 0 Å². The third-order valence-corrected chi connectivity index (χ3v) is 5.67. The first-order valence-corrected chi connectivity index (χ1v) is 8.84. The van der Waals surface area contributed by atoms with Gasteiger partial charge in [-0.2, -0.15) is 0 Å². The predicted octanol–water partition coefficient (Wildman–Crippen LogP) is -0.703. The Morgan fingerprint density at radius 1 is 1.19 bits per heavy atom. The second-order valence-corrected chi connectivity index (χ2v) is 7.08. The molecule has 3 saturated heterocycles. The summed E-state index contributed by atoms with van der Waals surface area (Å²) in [5.74, 6) is 2.89. The topological polar surface area (TPSA) is 64.8 Å². The summed E-state index contributed by atoms with van der Waals surface area (Å²) in [5.41, 5.74) is 5.75. The molecule has 0 radical (unpaired) electrons. The van der Waals surface area contributed by atoms with Crippen molar-refractivity contribution in [2.24, 2.45) is 5.73 Å². The summed E-state index contributed by atoms with van der Waals surface area (Å²) in [4.78, 5) is 19.0. The lowest BCUT2D eigenvalue weighted by molar-refractivity contribution is -0.131. The van der Waals surface area contributed by atoms with Crippen LogP contribution in [0.1, 0.15) is 6.42 Å². The summed E-state index contributed by atoms with van der Waals surface area (Å²) in [5, 5.41) is 3.42. The van der Waals surface area contributed by atoms with Crippen LogP contribution in [0.5, 0.6) is 0 Å². The standard InChI is InChI=1S/C14H25N5OS/c1-11(15)17-2-4-18(5-3-17)12-8-13(16-9-12)14(20)19-6-7-21-10-19/h12-13,16H,1-10,15H2. The van der Waals surface area contributed by atoms with Gasteiger partial charge in [0.05, 0.1) is 17.7 Å². The Morgan fingerprint density at radius 2 is 1.95 bits per heavy atom. The van der Waals surface area contributed by atoms with Gasteiger partial charge in [0, 0.05) is 51.1 Å². The molecule has 3 fully saturated rings. The van der Waals surface area contributed by atoms with E-state index in [2.05, 4.69) is 21.7 Å². The minimum absolute atomic E-state index is 0.0104. The Bertz CT molecular complexity index is 404. The summed E-state index contributed by atoms with van der Waals surface area (Å²) < 4.78 is 0. The average molecular weight is 311 g/mol. The van der Waals surface area contributed by atoms with Crippen LogP contribution in [0.3, 0.4) is 0 Å². The van der Waals surface area contributed by atoms with E-state index in [0.29, 0.717) is 11.9 Å². The van der Waals surface area contributed by atoms with E-state index in [1.807, 2.05) is 16.7 Å². The van der Waals surface area contributed by atoms with Gasteiger partial charge in [-0.25, -0.2) is 0 Å². The molecule has 3 N–H and O–H groups in total. The van der Waals surface area contributed by atoms with Gasteiger partial charge >= 0.3 is 0 Å². The van der Waals surface area contributed by atoms with Gasteiger partial charge in [0.15, 0.2) is 0 Å². The van der Waals surface area contributed by atoms with Crippen molar-refractivity contribution in [3.63, 3.8) is 0 Å². The molecule has 0 aromatic carbocycles. The second kappa shape index (κ2) is 6.46. The van der Waals surface area contributed by atoms with Crippen LogP contribution in [-0.4, -0.2) is 83.6 Å². The van der Waals surface area contributed by atoms with Crippen LogP contribution >= 0.6 is 11.8 Å². The number of hydrogen-bond acceptors (Lipinski definition) is 6. The largest absolute Gasteiger partial charge is 0.386 e. The average Bonchev–Trinajstić information content (AvgIpc) is 3.18. The molecule has 0 bridgehead atoms. The highest BCUT2D eigenvalue weighted by Gasteiger charge is 2.36. The molecule has 0 aromatic rings. The van der Waals surface area contributed by atoms with E-state index < -0.39 is 0 Å². The number of nitrogens with two attached hydrogens (primary N) is 1. The van der Waals surface area contributed by atoms with E-state index in [1.54, 1.807) is 0 Å². The Kier molecular flexibility index (Phi) is 4.61. The summed E-state index contributed by atoms with van der Waals surface area (Å²) in [6.45, 7) is 9.51. The molecule has 3 heterocycles. The number of piperazine rings is 1. The van der Waals surface area contributed by atoms with Gasteiger partial charge in [0.2, 0.25) is 5.91 Å². The van der Waals surface area contributed by atoms with Crippen molar-refractivity contribution in [1.29, 1.82) is 0 Å². The van der Waals surface area contributed by atoms with Crippen LogP contribution in [-0.2, 0) is 4.79 Å². The van der Waals surface area contributed by atoms with Crippen molar-refractivity contribution < 1.29 is 4.79 Å². The van der Waals surface area contributed by atoms with Crippen LogP contribution in [0, 0.1) is 0 Å². The normalized spacial score (nSPS) is 30.9. The fourth-order valence-corrected chi connectivity index (χ4v) is 4.32. The zero-order valence-electron chi connectivity index (χ0n) is 12.5. The van der Waals surface area contributed by atoms with Crippen molar-refractivity contribution >= 4 is 17.7 Å². The van der Waals surface area contributed by atoms with Gasteiger partial charge < -0.3 is 20.9 Å². The lowest BCUT2D eigenvalue weighted by Crippen LogP contribution is -2.51. The van der Waals surface area contributed by atoms with E-state index in [1.165, 1.54) is 0 Å². The highest BCUT2D eigenvalue weighted by atomic mass is 32.2. The monoisotopic (exact) mass is 311 g/mol. The van der Waals surface area contributed by atoms with E-state index in [0.717, 1.165) is 57.3 Å². The fraction of sp³-hybridized carbons (Fsp3) is 0.786. The number of amides is 1. The summed E-state index contributed by atoms with van der Waals surface area (Å²) >= 11 is 1.84. The predicted molar refractivity (Wildman–Crippen MR) is 85.7 cm³/mol. The van der Waals surface area contributed by atoms with E-state index in [9.17, 15) is 4.79 Å². The molecule has 0 aromatic heterocycles. The zero-order chi connectivity index (χ0) is 14.8. The summed E-state index contributed by atoms with van der Waals surface area (Å²) in [6.07, 6.45) is 0.934. The molecule has 2 atom stereocenters. The molecule has 6 nitrogen and oxygen atoms in total. The maximum Gasteiger partial charge on any atom is 0.240 e. The lowest BCUT2D eigenvalue weighted by Gasteiger charge is -2.38. The maximum atomic E-state index is 12.4. The minimum atomic E-state index is 0.0104. The Balaban J connectivity index is 1.48. The zero-order valence-corrected chi connectivity index (χ0v) is 13.3. The summed E-state index contributed by atoms with van der Waals surface area (Å²) in [6, 6.07) is 0.485. The van der Waals surface area contributed by atoms with Crippen LogP contribution < -0.4 is 11.1 Å². The fourth-order valence-electron chi connectivity index (χ4n) is 3.37. The number of nitrogens with zero attached hydrogens (tertiary/aromatic N) is 3. The number of nitrogens with one attached hydrogen (secondary N) is 1. The Hall–Kier alpha value is -0.920. The van der Waals surface area contributed by atoms with Gasteiger partial charge in [-0.1, -0.05) is 6.58 Å². The molecule has 7 heteroatoms. The molecule has 3 aliphatic heterocycles. The van der Waals surface area contributed by atoms with Crippen LogP contribution in [0.2, 0.25) is 0 Å². The first-order valence-electron chi connectivity index (χ1n) is 7.68. The molecule has 1 amide bonds. The molecule has 3 rings (SSSR count). The van der Waals surface area contributed by atoms with E-state index in [-0.39, 0.29) is 11.9 Å². The SMILES string of the molecule is C=C(N)N1CCN(C2CNC(C(=O)N3CCSC3)C2)CC1. The number of carbonyl (C=O) groups is 1. The second-order valence-electron chi connectivity index (χ2n) is 6.00. The molecule has 118 valence electrons. The molecular formula is C14H25N5OS. The van der Waals surface area contributed by atoms with Gasteiger partial charge in [-0.3, -0.25) is 9.69 Å². The molecule has 2 unspecified atom stereocenters. The number of hydrogen-bond donors (Lipinski definition) is 2. The quantitative estimate of drug-likeness (QED) is 0.718. The van der Waals surface area contributed by atoms with Crippen LogP contribution in [0.15, 0.2) is 12.4 Å². The smallest absolute Gasteiger partial charge is 0.240 e. The van der Waals surface area contributed by atoms with Crippen molar-refractivity contribution in [3.05, 3.63) is 12.4 Å². The maximum absolute atomic E-state index is 12.4. The molecular weight excluding hydrogens is 286 g/mol. The Labute approximate surface area is 130 Å². The molecule has 0 aliphatic carbocycles. The van der Waals surface area contributed by atoms with Crippen LogP contribution in [0.25, 0.3) is 0 Å². The van der Waals surface area contributed by atoms with Crippen molar-refractivity contribution in [2.45, 2.75) is 18.5 Å². The molecule has 21 heavy (non-hydrogen) atoms. The van der Waals surface area contributed by atoms with Gasteiger partial charge in [-0.05, 0) is 6.42 Å². The van der Waals surface area contributed by atoms with Crippen molar-refractivity contribution in [1.82, 2.24) is 20.0 Å².